The largest absolute Gasteiger partial charge is 0.482 e. The molecule has 3 aromatic rings. The number of amides is 1. The minimum Gasteiger partial charge on any atom is -0.482 e. The van der Waals surface area contributed by atoms with E-state index >= 15 is 0 Å². The molecule has 0 fully saturated rings. The molecule has 3 aromatic carbocycles. The Balaban J connectivity index is 1.82. The third-order valence-corrected chi connectivity index (χ3v) is 7.42. The van der Waals surface area contributed by atoms with Gasteiger partial charge in [-0.05, 0) is 67.1 Å². The average molecular weight is 598 g/mol. The molecule has 0 aliphatic heterocycles. The number of aryl methyl sites for hydroxylation is 1. The number of anilines is 1. The van der Waals surface area contributed by atoms with Crippen molar-refractivity contribution >= 4 is 45.4 Å². The van der Waals surface area contributed by atoms with Crippen LogP contribution in [0.15, 0.2) is 76.7 Å². The summed E-state index contributed by atoms with van der Waals surface area (Å²) >= 11 is 5.70. The Morgan fingerprint density at radius 2 is 1.70 bits per heavy atom. The first-order valence-electron chi connectivity index (χ1n) is 11.4. The molecule has 212 valence electrons. The molecule has 0 saturated heterocycles. The Kier molecular flexibility index (Phi) is 9.77. The smallest absolute Gasteiger partial charge is 0.417 e. The number of carbonyl (C=O) groups excluding carboxylic acids is 2. The van der Waals surface area contributed by atoms with Gasteiger partial charge in [-0.2, -0.15) is 18.3 Å². The van der Waals surface area contributed by atoms with Crippen molar-refractivity contribution in [3.05, 3.63) is 88.4 Å². The molecule has 0 aliphatic carbocycles. The van der Waals surface area contributed by atoms with Gasteiger partial charge in [-0.1, -0.05) is 29.3 Å². The summed E-state index contributed by atoms with van der Waals surface area (Å²) < 4.78 is 77.5. The Labute approximate surface area is 233 Å². The van der Waals surface area contributed by atoms with E-state index in [4.69, 9.17) is 16.3 Å². The van der Waals surface area contributed by atoms with Gasteiger partial charge in [0, 0.05) is 0 Å². The molecule has 0 heterocycles. The molecular weight excluding hydrogens is 575 g/mol. The maximum Gasteiger partial charge on any atom is 0.417 e. The molecule has 0 saturated carbocycles. The summed E-state index contributed by atoms with van der Waals surface area (Å²) in [5, 5.41) is 3.16. The number of ether oxygens (including phenoxy) is 2. The molecule has 14 heteroatoms. The minimum atomic E-state index is -4.86. The molecule has 0 radical (unpaired) electrons. The molecule has 1 N–H and O–H groups in total. The first-order valence-corrected chi connectivity index (χ1v) is 13.2. The number of hydrogen-bond donors (Lipinski definition) is 1. The molecule has 0 aliphatic rings. The predicted octanol–water partition coefficient (Wildman–Crippen LogP) is 4.56. The van der Waals surface area contributed by atoms with Gasteiger partial charge in [-0.15, -0.1) is 0 Å². The zero-order valence-corrected chi connectivity index (χ0v) is 22.7. The summed E-state index contributed by atoms with van der Waals surface area (Å²) in [6, 6.07) is 14.4. The van der Waals surface area contributed by atoms with Crippen molar-refractivity contribution in [1.29, 1.82) is 0 Å². The zero-order chi connectivity index (χ0) is 29.5. The summed E-state index contributed by atoms with van der Waals surface area (Å²) in [4.78, 5) is 23.6. The molecular formula is C26H23ClF3N3O6S. The van der Waals surface area contributed by atoms with Gasteiger partial charge in [0.25, 0.3) is 15.9 Å². The Hall–Kier alpha value is -4.10. The number of esters is 1. The van der Waals surface area contributed by atoms with E-state index in [1.807, 2.05) is 0 Å². The molecule has 0 unspecified atom stereocenters. The monoisotopic (exact) mass is 597 g/mol. The van der Waals surface area contributed by atoms with Crippen molar-refractivity contribution in [1.82, 2.24) is 5.43 Å². The SMILES string of the molecule is COC(=O)COc1ccc(/C=N\NC(=O)CN(c2ccc(Cl)c(C(F)(F)F)c2)S(=O)(=O)c2ccc(C)cc2)cc1. The van der Waals surface area contributed by atoms with Crippen molar-refractivity contribution in [3.63, 3.8) is 0 Å². The molecule has 40 heavy (non-hydrogen) atoms. The fourth-order valence-electron chi connectivity index (χ4n) is 3.23. The lowest BCUT2D eigenvalue weighted by molar-refractivity contribution is -0.143. The van der Waals surface area contributed by atoms with E-state index in [1.165, 1.54) is 37.6 Å². The lowest BCUT2D eigenvalue weighted by Crippen LogP contribution is -2.39. The van der Waals surface area contributed by atoms with Gasteiger partial charge in [0.2, 0.25) is 0 Å². The van der Waals surface area contributed by atoms with Gasteiger partial charge in [0.05, 0.1) is 34.5 Å². The summed E-state index contributed by atoms with van der Waals surface area (Å²) in [5.41, 5.74) is 1.76. The molecule has 0 bridgehead atoms. The number of alkyl halides is 3. The van der Waals surface area contributed by atoms with Crippen molar-refractivity contribution in [3.8, 4) is 5.75 Å². The second kappa shape index (κ2) is 12.8. The van der Waals surface area contributed by atoms with Gasteiger partial charge in [-0.25, -0.2) is 18.6 Å². The highest BCUT2D eigenvalue weighted by atomic mass is 35.5. The van der Waals surface area contributed by atoms with E-state index in [0.29, 0.717) is 21.7 Å². The summed E-state index contributed by atoms with van der Waals surface area (Å²) in [6.07, 6.45) is -3.61. The van der Waals surface area contributed by atoms with Crippen molar-refractivity contribution in [2.75, 3.05) is 24.6 Å². The van der Waals surface area contributed by atoms with E-state index in [9.17, 15) is 31.2 Å². The van der Waals surface area contributed by atoms with Crippen LogP contribution < -0.4 is 14.5 Å². The van der Waals surface area contributed by atoms with E-state index in [2.05, 4.69) is 15.3 Å². The molecule has 3 rings (SSSR count). The number of nitrogens with zero attached hydrogens (tertiary/aromatic N) is 2. The third kappa shape index (κ3) is 7.96. The highest BCUT2D eigenvalue weighted by Crippen LogP contribution is 2.38. The molecule has 0 atom stereocenters. The van der Waals surface area contributed by atoms with Crippen LogP contribution in [0.1, 0.15) is 16.7 Å². The van der Waals surface area contributed by atoms with Crippen LogP contribution in [0, 0.1) is 6.92 Å². The molecule has 9 nitrogen and oxygen atoms in total. The second-order valence-electron chi connectivity index (χ2n) is 8.21. The van der Waals surface area contributed by atoms with E-state index < -0.39 is 50.9 Å². The van der Waals surface area contributed by atoms with Gasteiger partial charge in [-0.3, -0.25) is 9.10 Å². The summed E-state index contributed by atoms with van der Waals surface area (Å²) in [6.45, 7) is 0.574. The standard InChI is InChI=1S/C26H23ClF3N3O6S/c1-17-3-10-21(11-4-17)40(36,37)33(19-7-12-23(27)22(13-19)26(28,29)30)15-24(34)32-31-14-18-5-8-20(9-6-18)39-16-25(35)38-2/h3-14H,15-16H2,1-2H3,(H,32,34)/b31-14-. The van der Waals surface area contributed by atoms with Crippen LogP contribution in [-0.2, 0) is 30.5 Å². The van der Waals surface area contributed by atoms with Crippen LogP contribution in [0.4, 0.5) is 18.9 Å². The van der Waals surface area contributed by atoms with Crippen LogP contribution >= 0.6 is 11.6 Å². The number of hydrogen-bond acceptors (Lipinski definition) is 7. The number of nitrogens with one attached hydrogen (secondary N) is 1. The highest BCUT2D eigenvalue weighted by molar-refractivity contribution is 7.92. The van der Waals surface area contributed by atoms with Crippen molar-refractivity contribution in [2.24, 2.45) is 5.10 Å². The normalized spacial score (nSPS) is 11.8. The van der Waals surface area contributed by atoms with E-state index in [0.717, 1.165) is 17.7 Å². The predicted molar refractivity (Wildman–Crippen MR) is 142 cm³/mol. The first-order chi connectivity index (χ1) is 18.8. The fourth-order valence-corrected chi connectivity index (χ4v) is 4.87. The van der Waals surface area contributed by atoms with E-state index in [1.54, 1.807) is 31.2 Å². The van der Waals surface area contributed by atoms with Gasteiger partial charge in [0.15, 0.2) is 6.61 Å². The number of rotatable bonds is 10. The topological polar surface area (TPSA) is 114 Å². The quantitative estimate of drug-likeness (QED) is 0.208. The zero-order valence-electron chi connectivity index (χ0n) is 21.1. The Morgan fingerprint density at radius 1 is 1.05 bits per heavy atom. The van der Waals surface area contributed by atoms with Crippen molar-refractivity contribution < 1.29 is 40.7 Å². The summed E-state index contributed by atoms with van der Waals surface area (Å²) in [5.74, 6) is -1.10. The van der Waals surface area contributed by atoms with Crippen LogP contribution in [0.25, 0.3) is 0 Å². The number of methoxy groups -OCH3 is 1. The first kappa shape index (κ1) is 30.4. The van der Waals surface area contributed by atoms with Crippen molar-refractivity contribution in [2.45, 2.75) is 18.0 Å². The molecule has 0 spiro atoms. The Bertz CT molecular complexity index is 1500. The number of sulfonamides is 1. The summed E-state index contributed by atoms with van der Waals surface area (Å²) in [7, 11) is -3.25. The van der Waals surface area contributed by atoms with Crippen LogP contribution in [-0.4, -0.2) is 46.8 Å². The minimum absolute atomic E-state index is 0.229. The second-order valence-corrected chi connectivity index (χ2v) is 10.5. The lowest BCUT2D eigenvalue weighted by atomic mass is 10.2. The average Bonchev–Trinajstić information content (AvgIpc) is 2.91. The maximum absolute atomic E-state index is 13.5. The highest BCUT2D eigenvalue weighted by Gasteiger charge is 2.35. The van der Waals surface area contributed by atoms with Gasteiger partial charge >= 0.3 is 12.1 Å². The van der Waals surface area contributed by atoms with Gasteiger partial charge in [0.1, 0.15) is 12.3 Å². The molecule has 1 amide bonds. The van der Waals surface area contributed by atoms with Crippen LogP contribution in [0.2, 0.25) is 5.02 Å². The number of hydrazone groups is 1. The molecule has 0 aromatic heterocycles. The number of carbonyl (C=O) groups is 2. The van der Waals surface area contributed by atoms with Crippen LogP contribution in [0.3, 0.4) is 0 Å². The Morgan fingerprint density at radius 3 is 2.30 bits per heavy atom. The van der Waals surface area contributed by atoms with E-state index in [-0.39, 0.29) is 11.5 Å². The maximum atomic E-state index is 13.5. The number of halogens is 4. The number of benzene rings is 3. The fraction of sp³-hybridized carbons (Fsp3) is 0.192. The third-order valence-electron chi connectivity index (χ3n) is 5.31. The van der Waals surface area contributed by atoms with Crippen LogP contribution in [0.5, 0.6) is 5.75 Å². The van der Waals surface area contributed by atoms with Gasteiger partial charge < -0.3 is 9.47 Å². The lowest BCUT2D eigenvalue weighted by Gasteiger charge is -2.25.